The summed E-state index contributed by atoms with van der Waals surface area (Å²) in [6.07, 6.45) is 3.48. The second-order valence-corrected chi connectivity index (χ2v) is 10.3. The molecule has 0 spiro atoms. The molecule has 1 aliphatic carbocycles. The number of fused-ring (bicyclic) bond motifs is 2. The highest BCUT2D eigenvalue weighted by atomic mass is 32.2. The Kier molecular flexibility index (Phi) is 5.67. The molecule has 5 rings (SSSR count). The first-order chi connectivity index (χ1) is 15.1. The summed E-state index contributed by atoms with van der Waals surface area (Å²) in [5, 5.41) is 14.8. The van der Waals surface area contributed by atoms with Gasteiger partial charge in [-0.2, -0.15) is 0 Å². The molecule has 1 fully saturated rings. The van der Waals surface area contributed by atoms with Gasteiger partial charge >= 0.3 is 0 Å². The predicted octanol–water partition coefficient (Wildman–Crippen LogP) is 4.39. The second kappa shape index (κ2) is 8.60. The Morgan fingerprint density at radius 2 is 1.90 bits per heavy atom. The molecule has 2 aromatic carbocycles. The molecule has 2 heterocycles. The van der Waals surface area contributed by atoms with Crippen molar-refractivity contribution in [1.82, 2.24) is 4.98 Å². The van der Waals surface area contributed by atoms with Crippen LogP contribution in [0.15, 0.2) is 53.4 Å². The highest BCUT2D eigenvalue weighted by Crippen LogP contribution is 2.32. The summed E-state index contributed by atoms with van der Waals surface area (Å²) in [6.45, 7) is 3.53. The Hall–Kier alpha value is -2.44. The van der Waals surface area contributed by atoms with E-state index in [4.69, 9.17) is 4.98 Å². The lowest BCUT2D eigenvalue weighted by molar-refractivity contribution is 0.126. The normalized spacial score (nSPS) is 23.9. The molecule has 1 aromatic heterocycles. The van der Waals surface area contributed by atoms with Gasteiger partial charge in [-0.05, 0) is 56.4 Å². The third-order valence-corrected chi connectivity index (χ3v) is 7.90. The van der Waals surface area contributed by atoms with Gasteiger partial charge in [-0.25, -0.2) is 4.98 Å². The average Bonchev–Trinajstić information content (AvgIpc) is 2.95. The topological polar surface area (TPSA) is 65.5 Å². The zero-order valence-corrected chi connectivity index (χ0v) is 18.7. The summed E-state index contributed by atoms with van der Waals surface area (Å²) in [5.74, 6) is 1.52. The Bertz CT molecular complexity index is 1120. The number of pyridine rings is 1. The number of anilines is 2. The van der Waals surface area contributed by atoms with Crippen LogP contribution in [0.4, 0.5) is 11.5 Å². The van der Waals surface area contributed by atoms with Crippen LogP contribution in [-0.4, -0.2) is 38.7 Å². The number of hydrogen-bond acceptors (Lipinski definition) is 5. The summed E-state index contributed by atoms with van der Waals surface area (Å²) >= 11 is 0. The maximum absolute atomic E-state index is 12.7. The number of rotatable bonds is 3. The first kappa shape index (κ1) is 20.5. The lowest BCUT2D eigenvalue weighted by Crippen LogP contribution is -2.29. The third kappa shape index (κ3) is 4.32. The summed E-state index contributed by atoms with van der Waals surface area (Å²) < 4.78 is 12.7. The number of aliphatic hydroxyl groups is 1. The van der Waals surface area contributed by atoms with Gasteiger partial charge in [0.25, 0.3) is 0 Å². The SMILES string of the molecule is Cc1ccc2nc(N3CCS(=O)c4ccccc4C3)cc(NC3CCC(O)CC3)c2c1. The molecule has 1 unspecified atom stereocenters. The van der Waals surface area contributed by atoms with Crippen molar-refractivity contribution < 1.29 is 9.32 Å². The minimum atomic E-state index is -0.980. The Balaban J connectivity index is 1.52. The fraction of sp³-hybridized carbons (Fsp3) is 0.400. The zero-order valence-electron chi connectivity index (χ0n) is 17.9. The van der Waals surface area contributed by atoms with Crippen LogP contribution in [0.3, 0.4) is 0 Å². The molecule has 3 aromatic rings. The van der Waals surface area contributed by atoms with Crippen LogP contribution in [0.1, 0.15) is 36.8 Å². The molecule has 1 aliphatic heterocycles. The van der Waals surface area contributed by atoms with Gasteiger partial charge in [0, 0.05) is 46.9 Å². The van der Waals surface area contributed by atoms with Crippen LogP contribution in [0.5, 0.6) is 0 Å². The number of aliphatic hydroxyl groups excluding tert-OH is 1. The van der Waals surface area contributed by atoms with Crippen LogP contribution < -0.4 is 10.2 Å². The van der Waals surface area contributed by atoms with Gasteiger partial charge in [0.15, 0.2) is 0 Å². The van der Waals surface area contributed by atoms with Crippen LogP contribution in [-0.2, 0) is 17.3 Å². The van der Waals surface area contributed by atoms with Crippen molar-refractivity contribution >= 4 is 33.2 Å². The molecular formula is C25H29N3O2S. The molecule has 31 heavy (non-hydrogen) atoms. The van der Waals surface area contributed by atoms with Crippen molar-refractivity contribution in [3.8, 4) is 0 Å². The van der Waals surface area contributed by atoms with Gasteiger partial charge in [0.2, 0.25) is 0 Å². The first-order valence-corrected chi connectivity index (χ1v) is 12.5. The summed E-state index contributed by atoms with van der Waals surface area (Å²) in [6, 6.07) is 16.9. The first-order valence-electron chi connectivity index (χ1n) is 11.1. The minimum Gasteiger partial charge on any atom is -0.393 e. The van der Waals surface area contributed by atoms with E-state index in [2.05, 4.69) is 47.5 Å². The largest absolute Gasteiger partial charge is 0.393 e. The lowest BCUT2D eigenvalue weighted by Gasteiger charge is -2.29. The molecule has 1 atom stereocenters. The number of nitrogens with one attached hydrogen (secondary N) is 1. The lowest BCUT2D eigenvalue weighted by atomic mass is 9.93. The van der Waals surface area contributed by atoms with Crippen molar-refractivity contribution in [3.05, 3.63) is 59.7 Å². The summed E-state index contributed by atoms with van der Waals surface area (Å²) in [7, 11) is -0.980. The maximum atomic E-state index is 12.7. The smallest absolute Gasteiger partial charge is 0.131 e. The van der Waals surface area contributed by atoms with E-state index in [9.17, 15) is 9.32 Å². The van der Waals surface area contributed by atoms with Crippen LogP contribution >= 0.6 is 0 Å². The van der Waals surface area contributed by atoms with E-state index < -0.39 is 10.8 Å². The average molecular weight is 436 g/mol. The molecule has 162 valence electrons. The van der Waals surface area contributed by atoms with Gasteiger partial charge in [-0.3, -0.25) is 4.21 Å². The molecule has 0 radical (unpaired) electrons. The maximum Gasteiger partial charge on any atom is 0.131 e. The molecular weight excluding hydrogens is 406 g/mol. The zero-order chi connectivity index (χ0) is 21.4. The van der Waals surface area contributed by atoms with E-state index in [1.54, 1.807) is 0 Å². The highest BCUT2D eigenvalue weighted by molar-refractivity contribution is 7.85. The van der Waals surface area contributed by atoms with E-state index in [1.165, 1.54) is 5.56 Å². The number of aromatic nitrogens is 1. The number of hydrogen-bond donors (Lipinski definition) is 2. The molecule has 0 bridgehead atoms. The van der Waals surface area contributed by atoms with Crippen molar-refractivity contribution in [2.24, 2.45) is 0 Å². The summed E-state index contributed by atoms with van der Waals surface area (Å²) in [4.78, 5) is 8.19. The van der Waals surface area contributed by atoms with Gasteiger partial charge in [0.05, 0.1) is 22.4 Å². The molecule has 5 nitrogen and oxygen atoms in total. The monoisotopic (exact) mass is 435 g/mol. The molecule has 6 heteroatoms. The molecule has 0 saturated heterocycles. The highest BCUT2D eigenvalue weighted by Gasteiger charge is 2.23. The number of nitrogens with zero attached hydrogens (tertiary/aromatic N) is 2. The van der Waals surface area contributed by atoms with Gasteiger partial charge in [-0.1, -0.05) is 29.8 Å². The van der Waals surface area contributed by atoms with Crippen molar-refractivity contribution in [3.63, 3.8) is 0 Å². The Morgan fingerprint density at radius 3 is 2.74 bits per heavy atom. The Labute approximate surface area is 186 Å². The fourth-order valence-corrected chi connectivity index (χ4v) is 5.95. The van der Waals surface area contributed by atoms with Crippen molar-refractivity contribution in [1.29, 1.82) is 0 Å². The Morgan fingerprint density at radius 1 is 1.10 bits per heavy atom. The van der Waals surface area contributed by atoms with Gasteiger partial charge in [-0.15, -0.1) is 0 Å². The standard InChI is InChI=1S/C25H29N3O2S/c1-17-6-11-22-21(14-17)23(26-19-7-9-20(29)10-8-19)15-25(27-22)28-12-13-31(30)24-5-3-2-4-18(24)16-28/h2-6,11,14-15,19-20,29H,7-10,12-13,16H2,1H3,(H,26,27). The predicted molar refractivity (Wildman–Crippen MR) is 127 cm³/mol. The summed E-state index contributed by atoms with van der Waals surface area (Å²) in [5.41, 5.74) is 4.40. The minimum absolute atomic E-state index is 0.164. The van der Waals surface area contributed by atoms with E-state index in [-0.39, 0.29) is 6.10 Å². The number of aryl methyl sites for hydroxylation is 1. The van der Waals surface area contributed by atoms with Crippen molar-refractivity contribution in [2.75, 3.05) is 22.5 Å². The van der Waals surface area contributed by atoms with E-state index in [0.717, 1.165) is 58.6 Å². The van der Waals surface area contributed by atoms with E-state index in [0.29, 0.717) is 24.9 Å². The quantitative estimate of drug-likeness (QED) is 0.639. The second-order valence-electron chi connectivity index (χ2n) is 8.78. The third-order valence-electron chi connectivity index (χ3n) is 6.46. The fourth-order valence-electron chi connectivity index (χ4n) is 4.69. The molecule has 0 amide bonds. The van der Waals surface area contributed by atoms with Crippen LogP contribution in [0, 0.1) is 6.92 Å². The van der Waals surface area contributed by atoms with Crippen molar-refractivity contribution in [2.45, 2.75) is 56.2 Å². The molecule has 2 aliphatic rings. The van der Waals surface area contributed by atoms with Gasteiger partial charge < -0.3 is 15.3 Å². The van der Waals surface area contributed by atoms with E-state index >= 15 is 0 Å². The molecule has 2 N–H and O–H groups in total. The van der Waals surface area contributed by atoms with Crippen LogP contribution in [0.2, 0.25) is 0 Å². The van der Waals surface area contributed by atoms with Crippen LogP contribution in [0.25, 0.3) is 10.9 Å². The van der Waals surface area contributed by atoms with E-state index in [1.807, 2.05) is 18.2 Å². The molecule has 1 saturated carbocycles. The van der Waals surface area contributed by atoms with Gasteiger partial charge in [0.1, 0.15) is 5.82 Å². The number of benzene rings is 2.